The van der Waals surface area contributed by atoms with Crippen molar-refractivity contribution < 1.29 is 22.5 Å². The Hall–Kier alpha value is -2.84. The number of benzene rings is 2. The minimum Gasteiger partial charge on any atom is -0.611 e. The number of aryl methyl sites for hydroxylation is 1. The van der Waals surface area contributed by atoms with Crippen molar-refractivity contribution in [2.24, 2.45) is 5.73 Å². The molecule has 0 saturated carbocycles. The zero-order valence-corrected chi connectivity index (χ0v) is 15.5. The van der Waals surface area contributed by atoms with Crippen LogP contribution in [0.2, 0.25) is 0 Å². The van der Waals surface area contributed by atoms with E-state index in [-0.39, 0.29) is 16.2 Å². The van der Waals surface area contributed by atoms with Crippen LogP contribution < -0.4 is 5.73 Å². The fraction of sp³-hybridized carbons (Fsp3) is 0.100. The average Bonchev–Trinajstić information content (AvgIpc) is 2.66. The number of carbonyl (C=O) groups excluding carboxylic acids is 1. The molecule has 3 rings (SSSR count). The van der Waals surface area contributed by atoms with E-state index < -0.39 is 39.8 Å². The standard InChI is InChI=1S/C20H15F3N2O2S/c1-11-8-18(20(24)26)25-10-16(11)19(15-9-13(22)4-7-17(15)23)28(27)14-5-2-12(21)3-6-14/h2-10,19H,1H3,(H2,24,26). The third-order valence-corrected chi connectivity index (χ3v) is 5.86. The number of halogens is 3. The van der Waals surface area contributed by atoms with E-state index in [1.54, 1.807) is 6.92 Å². The fourth-order valence-corrected chi connectivity index (χ4v) is 4.36. The van der Waals surface area contributed by atoms with E-state index in [0.29, 0.717) is 11.1 Å². The van der Waals surface area contributed by atoms with Gasteiger partial charge in [-0.1, -0.05) is 0 Å². The monoisotopic (exact) mass is 404 g/mol. The lowest BCUT2D eigenvalue weighted by Crippen LogP contribution is -2.20. The van der Waals surface area contributed by atoms with Crippen molar-refractivity contribution in [3.05, 3.63) is 94.6 Å². The minimum atomic E-state index is -1.91. The first-order valence-corrected chi connectivity index (χ1v) is 9.36. The number of aromatic nitrogens is 1. The van der Waals surface area contributed by atoms with Crippen molar-refractivity contribution >= 4 is 17.1 Å². The number of carbonyl (C=O) groups is 1. The molecule has 3 aromatic rings. The molecule has 1 heterocycles. The second-order valence-electron chi connectivity index (χ2n) is 6.09. The molecular formula is C20H15F3N2O2S. The first-order valence-electron chi connectivity index (χ1n) is 8.15. The van der Waals surface area contributed by atoms with Crippen molar-refractivity contribution in [1.82, 2.24) is 4.98 Å². The molecule has 0 bridgehead atoms. The van der Waals surface area contributed by atoms with Gasteiger partial charge in [0.15, 0.2) is 10.1 Å². The summed E-state index contributed by atoms with van der Waals surface area (Å²) in [7, 11) is 0. The first-order chi connectivity index (χ1) is 13.3. The second-order valence-corrected chi connectivity index (χ2v) is 7.63. The Labute approximate surface area is 162 Å². The lowest BCUT2D eigenvalue weighted by molar-refractivity contribution is 0.0995. The Morgan fingerprint density at radius 1 is 1.04 bits per heavy atom. The van der Waals surface area contributed by atoms with Crippen LogP contribution in [0.5, 0.6) is 0 Å². The number of rotatable bonds is 5. The first kappa shape index (κ1) is 19.9. The summed E-state index contributed by atoms with van der Waals surface area (Å²) in [4.78, 5) is 15.5. The molecule has 0 aliphatic heterocycles. The molecule has 0 saturated heterocycles. The third-order valence-electron chi connectivity index (χ3n) is 4.19. The number of nitrogens with zero attached hydrogens (tertiary/aromatic N) is 1. The molecule has 2 aromatic carbocycles. The molecule has 0 radical (unpaired) electrons. The lowest BCUT2D eigenvalue weighted by atomic mass is 10.0. The normalized spacial score (nSPS) is 13.2. The summed E-state index contributed by atoms with van der Waals surface area (Å²) in [6.45, 7) is 1.62. The van der Waals surface area contributed by atoms with Crippen molar-refractivity contribution in [3.63, 3.8) is 0 Å². The fourth-order valence-electron chi connectivity index (χ4n) is 2.79. The Morgan fingerprint density at radius 3 is 2.29 bits per heavy atom. The van der Waals surface area contributed by atoms with Crippen LogP contribution in [-0.2, 0) is 11.2 Å². The molecule has 0 aliphatic rings. The van der Waals surface area contributed by atoms with Gasteiger partial charge >= 0.3 is 0 Å². The molecular weight excluding hydrogens is 389 g/mol. The second kappa shape index (κ2) is 8.04. The van der Waals surface area contributed by atoms with E-state index in [4.69, 9.17) is 5.73 Å². The van der Waals surface area contributed by atoms with Gasteiger partial charge in [-0.3, -0.25) is 9.78 Å². The van der Waals surface area contributed by atoms with Crippen molar-refractivity contribution in [3.8, 4) is 0 Å². The van der Waals surface area contributed by atoms with Crippen LogP contribution in [-0.4, -0.2) is 15.4 Å². The minimum absolute atomic E-state index is 0.00715. The lowest BCUT2D eigenvalue weighted by Gasteiger charge is -2.24. The van der Waals surface area contributed by atoms with Crippen LogP contribution in [0, 0.1) is 24.4 Å². The summed E-state index contributed by atoms with van der Waals surface area (Å²) >= 11 is -1.91. The largest absolute Gasteiger partial charge is 0.611 e. The summed E-state index contributed by atoms with van der Waals surface area (Å²) in [6.07, 6.45) is 1.27. The number of hydrogen-bond donors (Lipinski definition) is 1. The highest BCUT2D eigenvalue weighted by atomic mass is 32.2. The predicted molar refractivity (Wildman–Crippen MR) is 98.5 cm³/mol. The van der Waals surface area contributed by atoms with Gasteiger partial charge in [-0.25, -0.2) is 13.2 Å². The van der Waals surface area contributed by atoms with Crippen LogP contribution in [0.25, 0.3) is 0 Å². The Morgan fingerprint density at radius 2 is 1.68 bits per heavy atom. The Kier molecular flexibility index (Phi) is 5.71. The van der Waals surface area contributed by atoms with Crippen molar-refractivity contribution in [2.45, 2.75) is 17.1 Å². The van der Waals surface area contributed by atoms with Gasteiger partial charge in [0, 0.05) is 17.3 Å². The van der Waals surface area contributed by atoms with Gasteiger partial charge in [0.2, 0.25) is 0 Å². The molecule has 1 amide bonds. The smallest absolute Gasteiger partial charge is 0.267 e. The van der Waals surface area contributed by atoms with Gasteiger partial charge in [-0.05, 0) is 72.2 Å². The van der Waals surface area contributed by atoms with Crippen molar-refractivity contribution in [1.29, 1.82) is 0 Å². The molecule has 28 heavy (non-hydrogen) atoms. The molecule has 0 aliphatic carbocycles. The van der Waals surface area contributed by atoms with E-state index in [2.05, 4.69) is 4.98 Å². The van der Waals surface area contributed by atoms with Crippen LogP contribution >= 0.6 is 0 Å². The highest BCUT2D eigenvalue weighted by Crippen LogP contribution is 2.38. The average molecular weight is 404 g/mol. The molecule has 4 nitrogen and oxygen atoms in total. The van der Waals surface area contributed by atoms with Crippen LogP contribution in [0.1, 0.15) is 32.4 Å². The van der Waals surface area contributed by atoms with Gasteiger partial charge in [0.1, 0.15) is 23.1 Å². The molecule has 2 atom stereocenters. The van der Waals surface area contributed by atoms with Crippen LogP contribution in [0.3, 0.4) is 0 Å². The summed E-state index contributed by atoms with van der Waals surface area (Å²) in [6, 6.07) is 9.15. The van der Waals surface area contributed by atoms with Gasteiger partial charge in [-0.2, -0.15) is 0 Å². The van der Waals surface area contributed by atoms with Gasteiger partial charge in [-0.15, -0.1) is 0 Å². The molecule has 1 aromatic heterocycles. The SMILES string of the molecule is Cc1cc(C(N)=O)ncc1C(c1cc(F)ccc1F)[S+]([O-])c1ccc(F)cc1. The number of pyridine rings is 1. The van der Waals surface area contributed by atoms with E-state index in [0.717, 1.165) is 30.3 Å². The zero-order valence-electron chi connectivity index (χ0n) is 14.7. The topological polar surface area (TPSA) is 79.0 Å². The van der Waals surface area contributed by atoms with E-state index in [1.165, 1.54) is 24.4 Å². The Bertz CT molecular complexity index is 1030. The van der Waals surface area contributed by atoms with Crippen LogP contribution in [0.4, 0.5) is 13.2 Å². The number of hydrogen-bond acceptors (Lipinski definition) is 3. The third kappa shape index (κ3) is 4.02. The number of nitrogens with two attached hydrogens (primary N) is 1. The van der Waals surface area contributed by atoms with E-state index in [9.17, 15) is 22.5 Å². The maximum absolute atomic E-state index is 14.5. The van der Waals surface area contributed by atoms with Crippen molar-refractivity contribution in [2.75, 3.05) is 0 Å². The molecule has 144 valence electrons. The summed E-state index contributed by atoms with van der Waals surface area (Å²) in [5.41, 5.74) is 5.89. The maximum atomic E-state index is 14.5. The Balaban J connectivity index is 2.18. The number of primary amides is 1. The highest BCUT2D eigenvalue weighted by Gasteiger charge is 2.33. The molecule has 2 N–H and O–H groups in total. The maximum Gasteiger partial charge on any atom is 0.267 e. The van der Waals surface area contributed by atoms with Gasteiger partial charge in [0.25, 0.3) is 5.91 Å². The summed E-state index contributed by atoms with van der Waals surface area (Å²) in [5.74, 6) is -2.71. The highest BCUT2D eigenvalue weighted by molar-refractivity contribution is 7.91. The summed E-state index contributed by atoms with van der Waals surface area (Å²) in [5, 5.41) is -1.13. The van der Waals surface area contributed by atoms with Crippen LogP contribution in [0.15, 0.2) is 59.6 Å². The van der Waals surface area contributed by atoms with E-state index >= 15 is 0 Å². The van der Waals surface area contributed by atoms with Gasteiger partial charge in [0.05, 0.1) is 0 Å². The van der Waals surface area contributed by atoms with Gasteiger partial charge < -0.3 is 10.3 Å². The molecule has 0 spiro atoms. The molecule has 8 heteroatoms. The molecule has 0 fully saturated rings. The van der Waals surface area contributed by atoms with E-state index in [1.807, 2.05) is 0 Å². The number of amides is 1. The zero-order chi connectivity index (χ0) is 20.4. The predicted octanol–water partition coefficient (Wildman–Crippen LogP) is 3.80. The quantitative estimate of drug-likeness (QED) is 0.657. The molecule has 2 unspecified atom stereocenters. The summed E-state index contributed by atoms with van der Waals surface area (Å²) < 4.78 is 54.9.